The Morgan fingerprint density at radius 2 is 2.30 bits per heavy atom. The van der Waals surface area contributed by atoms with Gasteiger partial charge in [0.2, 0.25) is 0 Å². The highest BCUT2D eigenvalue weighted by Gasteiger charge is 2.14. The van der Waals surface area contributed by atoms with Gasteiger partial charge in [-0.25, -0.2) is 0 Å². The number of pyridine rings is 1. The Morgan fingerprint density at radius 3 is 3.00 bits per heavy atom. The van der Waals surface area contributed by atoms with E-state index in [1.807, 2.05) is 46.9 Å². The maximum atomic E-state index is 9.73. The van der Waals surface area contributed by atoms with Gasteiger partial charge in [0, 0.05) is 38.2 Å². The highest BCUT2D eigenvalue weighted by atomic mass is 16.5. The van der Waals surface area contributed by atoms with Crippen molar-refractivity contribution in [3.05, 3.63) is 41.7 Å². The number of methoxy groups -OCH3 is 1. The average molecular weight is 273 g/mol. The van der Waals surface area contributed by atoms with Crippen LogP contribution in [0, 0.1) is 11.3 Å². The largest absolute Gasteiger partial charge is 0.389 e. The minimum absolute atomic E-state index is 0.313. The summed E-state index contributed by atoms with van der Waals surface area (Å²) < 4.78 is 6.87. The predicted molar refractivity (Wildman–Crippen MR) is 76.3 cm³/mol. The molecule has 2 aromatic rings. The minimum atomic E-state index is -0.521. The number of nitrogens with zero attached hydrogens (tertiary/aromatic N) is 3. The quantitative estimate of drug-likeness (QED) is 0.860. The lowest BCUT2D eigenvalue weighted by atomic mass is 10.1. The third-order valence-corrected chi connectivity index (χ3v) is 3.20. The fourth-order valence-electron chi connectivity index (χ4n) is 2.39. The molecule has 5 heteroatoms. The van der Waals surface area contributed by atoms with Crippen LogP contribution in [-0.2, 0) is 11.3 Å². The van der Waals surface area contributed by atoms with Gasteiger partial charge < -0.3 is 14.2 Å². The molecule has 2 aromatic heterocycles. The zero-order chi connectivity index (χ0) is 14.5. The first-order valence-electron chi connectivity index (χ1n) is 6.50. The van der Waals surface area contributed by atoms with Gasteiger partial charge >= 0.3 is 0 Å². The summed E-state index contributed by atoms with van der Waals surface area (Å²) in [5, 5.41) is 19.1. The van der Waals surface area contributed by atoms with Crippen LogP contribution in [-0.4, -0.2) is 47.8 Å². The summed E-state index contributed by atoms with van der Waals surface area (Å²) in [6.07, 6.45) is 3.37. The topological polar surface area (TPSA) is 60.9 Å². The summed E-state index contributed by atoms with van der Waals surface area (Å²) in [4.78, 5) is 1.99. The summed E-state index contributed by atoms with van der Waals surface area (Å²) >= 11 is 0. The molecule has 0 aliphatic carbocycles. The number of ether oxygens (including phenoxy) is 1. The molecule has 1 unspecified atom stereocenters. The fraction of sp³-hybridized carbons (Fsp3) is 0.400. The number of rotatable bonds is 6. The number of likely N-dealkylation sites (N-methyl/N-ethyl adjacent to an activating group) is 1. The Labute approximate surface area is 118 Å². The van der Waals surface area contributed by atoms with Gasteiger partial charge in [-0.1, -0.05) is 6.07 Å². The number of hydrogen-bond donors (Lipinski definition) is 1. The summed E-state index contributed by atoms with van der Waals surface area (Å²) in [7, 11) is 3.49. The first-order chi connectivity index (χ1) is 9.65. The molecule has 0 saturated heterocycles. The number of aliphatic hydroxyl groups excluding tert-OH is 1. The van der Waals surface area contributed by atoms with E-state index in [-0.39, 0.29) is 0 Å². The Morgan fingerprint density at radius 1 is 1.50 bits per heavy atom. The summed E-state index contributed by atoms with van der Waals surface area (Å²) in [5.41, 5.74) is 2.57. The predicted octanol–water partition coefficient (Wildman–Crippen LogP) is 1.25. The minimum Gasteiger partial charge on any atom is -0.389 e. The van der Waals surface area contributed by atoms with Crippen molar-refractivity contribution in [2.75, 3.05) is 27.3 Å². The van der Waals surface area contributed by atoms with E-state index in [0.717, 1.165) is 11.1 Å². The third kappa shape index (κ3) is 3.17. The highest BCUT2D eigenvalue weighted by Crippen LogP contribution is 2.19. The Kier molecular flexibility index (Phi) is 4.74. The standard InChI is InChI=1S/C15H19N3O2/c1-17(10-13(19)11-20-2)8-12-9-18-6-4-3-5-15(18)14(12)7-16/h3-6,9,13,19H,8,10-11H2,1-2H3. The van der Waals surface area contributed by atoms with E-state index >= 15 is 0 Å². The molecular formula is C15H19N3O2. The number of aromatic nitrogens is 1. The van der Waals surface area contributed by atoms with E-state index in [9.17, 15) is 10.4 Å². The third-order valence-electron chi connectivity index (χ3n) is 3.20. The second-order valence-corrected chi connectivity index (χ2v) is 4.94. The van der Waals surface area contributed by atoms with Gasteiger partial charge in [-0.2, -0.15) is 5.26 Å². The van der Waals surface area contributed by atoms with Crippen molar-refractivity contribution < 1.29 is 9.84 Å². The second-order valence-electron chi connectivity index (χ2n) is 4.94. The molecule has 0 aromatic carbocycles. The van der Waals surface area contributed by atoms with Gasteiger partial charge in [-0.05, 0) is 19.2 Å². The first kappa shape index (κ1) is 14.5. The maximum absolute atomic E-state index is 9.73. The van der Waals surface area contributed by atoms with E-state index in [2.05, 4.69) is 6.07 Å². The highest BCUT2D eigenvalue weighted by molar-refractivity contribution is 5.65. The number of aliphatic hydroxyl groups is 1. The SMILES string of the molecule is COCC(O)CN(C)Cc1cn2ccccc2c1C#N. The number of hydrogen-bond acceptors (Lipinski definition) is 4. The van der Waals surface area contributed by atoms with Gasteiger partial charge in [0.1, 0.15) is 6.07 Å². The van der Waals surface area contributed by atoms with Gasteiger partial charge in [-0.3, -0.25) is 4.90 Å². The number of fused-ring (bicyclic) bond motifs is 1. The first-order valence-corrected chi connectivity index (χ1v) is 6.50. The van der Waals surface area contributed by atoms with E-state index in [1.165, 1.54) is 0 Å². The maximum Gasteiger partial charge on any atom is 0.102 e. The molecule has 5 nitrogen and oxygen atoms in total. The van der Waals surface area contributed by atoms with Crippen LogP contribution >= 0.6 is 0 Å². The Hall–Kier alpha value is -1.87. The lowest BCUT2D eigenvalue weighted by Gasteiger charge is -2.19. The molecule has 0 aliphatic rings. The van der Waals surface area contributed by atoms with Crippen molar-refractivity contribution in [1.82, 2.24) is 9.30 Å². The number of nitriles is 1. The second kappa shape index (κ2) is 6.53. The molecular weight excluding hydrogens is 254 g/mol. The molecule has 0 radical (unpaired) electrons. The van der Waals surface area contributed by atoms with E-state index in [0.29, 0.717) is 25.3 Å². The molecule has 2 heterocycles. The fourth-order valence-corrected chi connectivity index (χ4v) is 2.39. The molecule has 0 fully saturated rings. The van der Waals surface area contributed by atoms with Crippen LogP contribution in [0.2, 0.25) is 0 Å². The van der Waals surface area contributed by atoms with E-state index in [4.69, 9.17) is 4.74 Å². The molecule has 0 amide bonds. The van der Waals surface area contributed by atoms with E-state index < -0.39 is 6.10 Å². The van der Waals surface area contributed by atoms with Crippen LogP contribution in [0.4, 0.5) is 0 Å². The Bertz CT molecular complexity index is 615. The summed E-state index contributed by atoms with van der Waals surface area (Å²) in [6.45, 7) is 1.43. The van der Waals surface area contributed by atoms with Gasteiger partial charge in [-0.15, -0.1) is 0 Å². The van der Waals surface area contributed by atoms with Gasteiger partial charge in [0.15, 0.2) is 0 Å². The van der Waals surface area contributed by atoms with Crippen molar-refractivity contribution in [1.29, 1.82) is 5.26 Å². The van der Waals surface area contributed by atoms with Crippen molar-refractivity contribution >= 4 is 5.52 Å². The molecule has 20 heavy (non-hydrogen) atoms. The van der Waals surface area contributed by atoms with Gasteiger partial charge in [0.25, 0.3) is 0 Å². The zero-order valence-corrected chi connectivity index (χ0v) is 11.8. The molecule has 0 aliphatic heterocycles. The van der Waals surface area contributed by atoms with Crippen molar-refractivity contribution in [2.24, 2.45) is 0 Å². The van der Waals surface area contributed by atoms with Crippen LogP contribution in [0.1, 0.15) is 11.1 Å². The van der Waals surface area contributed by atoms with Crippen LogP contribution in [0.15, 0.2) is 30.6 Å². The van der Waals surface area contributed by atoms with Crippen molar-refractivity contribution in [3.8, 4) is 6.07 Å². The summed E-state index contributed by atoms with van der Waals surface area (Å²) in [6, 6.07) is 8.06. The van der Waals surface area contributed by atoms with Crippen LogP contribution in [0.5, 0.6) is 0 Å². The smallest absolute Gasteiger partial charge is 0.102 e. The normalized spacial score (nSPS) is 12.8. The molecule has 0 spiro atoms. The van der Waals surface area contributed by atoms with Crippen LogP contribution < -0.4 is 0 Å². The average Bonchev–Trinajstić information content (AvgIpc) is 2.75. The van der Waals surface area contributed by atoms with E-state index in [1.54, 1.807) is 7.11 Å². The van der Waals surface area contributed by atoms with Crippen LogP contribution in [0.25, 0.3) is 5.52 Å². The summed E-state index contributed by atoms with van der Waals surface area (Å²) in [5.74, 6) is 0. The molecule has 0 bridgehead atoms. The molecule has 1 N–H and O–H groups in total. The molecule has 2 rings (SSSR count). The monoisotopic (exact) mass is 273 g/mol. The molecule has 106 valence electrons. The van der Waals surface area contributed by atoms with Crippen molar-refractivity contribution in [2.45, 2.75) is 12.6 Å². The molecule has 0 saturated carbocycles. The van der Waals surface area contributed by atoms with Gasteiger partial charge in [0.05, 0.1) is 23.8 Å². The van der Waals surface area contributed by atoms with Crippen LogP contribution in [0.3, 0.4) is 0 Å². The lowest BCUT2D eigenvalue weighted by molar-refractivity contribution is 0.0419. The van der Waals surface area contributed by atoms with Crippen molar-refractivity contribution in [3.63, 3.8) is 0 Å². The zero-order valence-electron chi connectivity index (χ0n) is 11.8. The molecule has 1 atom stereocenters. The lowest BCUT2D eigenvalue weighted by Crippen LogP contribution is -2.31. The Balaban J connectivity index is 2.15.